The molecule has 0 aliphatic carbocycles. The molecule has 2 fully saturated rings. The largest absolute Gasteiger partial charge is 0.455 e. The van der Waals surface area contributed by atoms with Gasteiger partial charge in [-0.15, -0.1) is 0 Å². The summed E-state index contributed by atoms with van der Waals surface area (Å²) >= 11 is 0. The number of carbonyl (C=O) groups excluding carboxylic acids is 1. The van der Waals surface area contributed by atoms with Crippen molar-refractivity contribution in [1.82, 2.24) is 9.21 Å². The highest BCUT2D eigenvalue weighted by Crippen LogP contribution is 2.27. The molecule has 2 aliphatic heterocycles. The normalized spacial score (nSPS) is 22.5. The zero-order chi connectivity index (χ0) is 18.0. The fourth-order valence-electron chi connectivity index (χ4n) is 3.54. The lowest BCUT2D eigenvalue weighted by molar-refractivity contribution is 0.00613. The van der Waals surface area contributed by atoms with Gasteiger partial charge in [0.1, 0.15) is 10.7 Å². The van der Waals surface area contributed by atoms with E-state index in [-0.39, 0.29) is 28.4 Å². The van der Waals surface area contributed by atoms with Crippen molar-refractivity contribution in [2.24, 2.45) is 0 Å². The third kappa shape index (κ3) is 3.75. The summed E-state index contributed by atoms with van der Waals surface area (Å²) in [6, 6.07) is 1.38. The minimum atomic E-state index is -3.59. The van der Waals surface area contributed by atoms with Crippen molar-refractivity contribution in [3.63, 3.8) is 0 Å². The Kier molecular flexibility index (Phi) is 5.50. The van der Waals surface area contributed by atoms with Gasteiger partial charge in [-0.2, -0.15) is 4.31 Å². The molecule has 1 amide bonds. The number of hydrogen-bond acceptors (Lipinski definition) is 5. The van der Waals surface area contributed by atoms with E-state index in [1.54, 1.807) is 11.8 Å². The van der Waals surface area contributed by atoms with E-state index in [4.69, 9.17) is 9.15 Å². The van der Waals surface area contributed by atoms with Gasteiger partial charge in [0, 0.05) is 38.9 Å². The van der Waals surface area contributed by atoms with Crippen LogP contribution in [-0.2, 0) is 14.8 Å². The van der Waals surface area contributed by atoms with E-state index in [2.05, 4.69) is 0 Å². The van der Waals surface area contributed by atoms with E-state index in [1.165, 1.54) is 10.4 Å². The summed E-state index contributed by atoms with van der Waals surface area (Å²) in [6.07, 6.45) is 3.58. The molecule has 1 unspecified atom stereocenters. The average Bonchev–Trinajstić information content (AvgIpc) is 3.25. The topological polar surface area (TPSA) is 80.1 Å². The summed E-state index contributed by atoms with van der Waals surface area (Å²) in [4.78, 5) is 14.5. The van der Waals surface area contributed by atoms with Crippen LogP contribution in [0.2, 0.25) is 0 Å². The molecule has 25 heavy (non-hydrogen) atoms. The third-order valence-electron chi connectivity index (χ3n) is 4.83. The van der Waals surface area contributed by atoms with E-state index in [0.717, 1.165) is 25.7 Å². The summed E-state index contributed by atoms with van der Waals surface area (Å²) in [5, 5.41) is 0. The van der Waals surface area contributed by atoms with Crippen molar-refractivity contribution >= 4 is 15.9 Å². The molecule has 1 aromatic heterocycles. The minimum Gasteiger partial charge on any atom is -0.455 e. The van der Waals surface area contributed by atoms with Gasteiger partial charge in [-0.05, 0) is 39.5 Å². The number of amides is 1. The highest BCUT2D eigenvalue weighted by molar-refractivity contribution is 7.89. The highest BCUT2D eigenvalue weighted by atomic mass is 32.2. The number of ether oxygens (including phenoxy) is 1. The van der Waals surface area contributed by atoms with Crippen molar-refractivity contribution in [2.45, 2.75) is 50.5 Å². The molecule has 0 N–H and O–H groups in total. The molecule has 3 rings (SSSR count). The number of rotatable bonds is 5. The number of likely N-dealkylation sites (tertiary alicyclic amines) is 1. The van der Waals surface area contributed by atoms with Gasteiger partial charge in [0.15, 0.2) is 5.76 Å². The predicted octanol–water partition coefficient (Wildman–Crippen LogP) is 2.01. The van der Waals surface area contributed by atoms with Crippen molar-refractivity contribution < 1.29 is 22.4 Å². The third-order valence-corrected chi connectivity index (χ3v) is 6.84. The van der Waals surface area contributed by atoms with Gasteiger partial charge >= 0.3 is 0 Å². The molecule has 1 atom stereocenters. The first-order chi connectivity index (χ1) is 11.9. The molecule has 3 heterocycles. The standard InChI is InChI=1S/C17H26N2O5S/c1-3-23-14-7-6-8-18(12-14)17(20)15-11-16(13(2)24-15)25(21,22)19-9-4-5-10-19/h11,14H,3-10,12H2,1-2H3. The van der Waals surface area contributed by atoms with Crippen LogP contribution >= 0.6 is 0 Å². The van der Waals surface area contributed by atoms with E-state index < -0.39 is 10.0 Å². The minimum absolute atomic E-state index is 0.0339. The molecule has 8 heteroatoms. The molecule has 140 valence electrons. The Hall–Kier alpha value is -1.38. The monoisotopic (exact) mass is 370 g/mol. The van der Waals surface area contributed by atoms with Gasteiger partial charge in [0.2, 0.25) is 10.0 Å². The van der Waals surface area contributed by atoms with Gasteiger partial charge in [0.25, 0.3) is 5.91 Å². The molecule has 7 nitrogen and oxygen atoms in total. The number of hydrogen-bond donors (Lipinski definition) is 0. The maximum absolute atomic E-state index is 12.7. The smallest absolute Gasteiger partial charge is 0.289 e. The lowest BCUT2D eigenvalue weighted by Gasteiger charge is -2.31. The Morgan fingerprint density at radius 1 is 1.28 bits per heavy atom. The van der Waals surface area contributed by atoms with Crippen LogP contribution in [0.25, 0.3) is 0 Å². The van der Waals surface area contributed by atoms with E-state index >= 15 is 0 Å². The number of carbonyl (C=O) groups is 1. The van der Waals surface area contributed by atoms with Crippen LogP contribution in [0, 0.1) is 6.92 Å². The Bertz CT molecular complexity index is 719. The van der Waals surface area contributed by atoms with Crippen LogP contribution in [0.15, 0.2) is 15.4 Å². The first-order valence-electron chi connectivity index (χ1n) is 8.95. The molecule has 0 bridgehead atoms. The highest BCUT2D eigenvalue weighted by Gasteiger charge is 2.33. The molecule has 0 saturated carbocycles. The first kappa shape index (κ1) is 18.4. The Morgan fingerprint density at radius 3 is 2.68 bits per heavy atom. The van der Waals surface area contributed by atoms with Gasteiger partial charge in [-0.25, -0.2) is 8.42 Å². The van der Waals surface area contributed by atoms with Crippen LogP contribution in [0.3, 0.4) is 0 Å². The van der Waals surface area contributed by atoms with Crippen LogP contribution < -0.4 is 0 Å². The number of piperidine rings is 1. The Labute approximate surface area is 149 Å². The molecule has 1 aromatic rings. The Balaban J connectivity index is 1.78. The molecule has 2 aliphatic rings. The lowest BCUT2D eigenvalue weighted by Crippen LogP contribution is -2.43. The number of nitrogens with zero attached hydrogens (tertiary/aromatic N) is 2. The SMILES string of the molecule is CCOC1CCCN(C(=O)c2cc(S(=O)(=O)N3CCCC3)c(C)o2)C1. The fraction of sp³-hybridized carbons (Fsp3) is 0.706. The molecular weight excluding hydrogens is 344 g/mol. The van der Waals surface area contributed by atoms with Crippen LogP contribution in [0.4, 0.5) is 0 Å². The molecular formula is C17H26N2O5S. The fourth-order valence-corrected chi connectivity index (χ4v) is 5.22. The van der Waals surface area contributed by atoms with Crippen LogP contribution in [-0.4, -0.2) is 62.4 Å². The van der Waals surface area contributed by atoms with Gasteiger partial charge < -0.3 is 14.1 Å². The molecule has 2 saturated heterocycles. The van der Waals surface area contributed by atoms with Gasteiger partial charge in [-0.3, -0.25) is 4.79 Å². The zero-order valence-corrected chi connectivity index (χ0v) is 15.7. The summed E-state index contributed by atoms with van der Waals surface area (Å²) in [6.45, 7) is 6.35. The number of aryl methyl sites for hydroxylation is 1. The van der Waals surface area contributed by atoms with Crippen LogP contribution in [0.5, 0.6) is 0 Å². The molecule has 0 aromatic carbocycles. The van der Waals surface area contributed by atoms with Gasteiger partial charge in [0.05, 0.1) is 6.10 Å². The zero-order valence-electron chi connectivity index (χ0n) is 14.9. The van der Waals surface area contributed by atoms with Crippen molar-refractivity contribution in [1.29, 1.82) is 0 Å². The Morgan fingerprint density at radius 2 is 2.00 bits per heavy atom. The quantitative estimate of drug-likeness (QED) is 0.792. The summed E-state index contributed by atoms with van der Waals surface area (Å²) in [7, 11) is -3.59. The van der Waals surface area contributed by atoms with Crippen LogP contribution in [0.1, 0.15) is 48.9 Å². The maximum atomic E-state index is 12.7. The molecule has 0 spiro atoms. The second-order valence-corrected chi connectivity index (χ2v) is 8.52. The average molecular weight is 370 g/mol. The van der Waals surface area contributed by atoms with Crippen molar-refractivity contribution in [2.75, 3.05) is 32.8 Å². The maximum Gasteiger partial charge on any atom is 0.289 e. The van der Waals surface area contributed by atoms with E-state index in [0.29, 0.717) is 32.8 Å². The summed E-state index contributed by atoms with van der Waals surface area (Å²) < 4.78 is 38.1. The van der Waals surface area contributed by atoms with Gasteiger partial charge in [-0.1, -0.05) is 0 Å². The number of sulfonamides is 1. The van der Waals surface area contributed by atoms with Crippen molar-refractivity contribution in [3.8, 4) is 0 Å². The van der Waals surface area contributed by atoms with E-state index in [1.807, 2.05) is 6.92 Å². The second-order valence-electron chi connectivity index (χ2n) is 6.61. The summed E-state index contributed by atoms with van der Waals surface area (Å²) in [5.74, 6) is 0.0939. The molecule has 0 radical (unpaired) electrons. The lowest BCUT2D eigenvalue weighted by atomic mass is 10.1. The van der Waals surface area contributed by atoms with E-state index in [9.17, 15) is 13.2 Å². The summed E-state index contributed by atoms with van der Waals surface area (Å²) in [5.41, 5.74) is 0. The second kappa shape index (κ2) is 7.47. The predicted molar refractivity (Wildman–Crippen MR) is 92.0 cm³/mol. The number of furan rings is 1. The first-order valence-corrected chi connectivity index (χ1v) is 10.4. The van der Waals surface area contributed by atoms with Crippen molar-refractivity contribution in [3.05, 3.63) is 17.6 Å².